The molecule has 0 unspecified atom stereocenters. The summed E-state index contributed by atoms with van der Waals surface area (Å²) in [6, 6.07) is 0. The van der Waals surface area contributed by atoms with Crippen LogP contribution in [-0.4, -0.2) is 17.2 Å². The molecule has 0 aliphatic rings. The van der Waals surface area contributed by atoms with E-state index in [2.05, 4.69) is 0 Å². The Hall–Kier alpha value is -0.475. The molecule has 0 aliphatic carbocycles. The molecule has 0 aromatic rings. The monoisotopic (exact) mass is 101 g/mol. The number of nitrogens with two attached hydrogens (primary N) is 1. The fourth-order valence-electron chi connectivity index (χ4n) is 0.200. The van der Waals surface area contributed by atoms with E-state index >= 15 is 0 Å². The Balaban J connectivity index is 2.97. The van der Waals surface area contributed by atoms with E-state index in [-0.39, 0.29) is 6.32 Å². The smallest absolute Gasteiger partial charge is 0.427 e. The molecule has 4 heteroatoms. The van der Waals surface area contributed by atoms with Crippen LogP contribution in [-0.2, 0) is 0 Å². The molecule has 40 valence electrons. The van der Waals surface area contributed by atoms with Gasteiger partial charge in [0.2, 0.25) is 0 Å². The SMILES string of the molecule is NC=CCB(O)O. The summed E-state index contributed by atoms with van der Waals surface area (Å²) in [6.45, 7) is 0. The first-order chi connectivity index (χ1) is 3.27. The number of hydrogen-bond donors (Lipinski definition) is 3. The molecule has 4 N–H and O–H groups in total. The maximum absolute atomic E-state index is 8.13. The summed E-state index contributed by atoms with van der Waals surface area (Å²) in [5.41, 5.74) is 4.87. The second kappa shape index (κ2) is 3.71. The third-order valence-electron chi connectivity index (χ3n) is 0.483. The van der Waals surface area contributed by atoms with Crippen molar-refractivity contribution in [3.8, 4) is 0 Å². The summed E-state index contributed by atoms with van der Waals surface area (Å²) >= 11 is 0. The fourth-order valence-corrected chi connectivity index (χ4v) is 0.200. The minimum absolute atomic E-state index is 0.205. The van der Waals surface area contributed by atoms with E-state index in [1.165, 1.54) is 12.3 Å². The first kappa shape index (κ1) is 6.52. The van der Waals surface area contributed by atoms with Crippen molar-refractivity contribution in [1.29, 1.82) is 0 Å². The van der Waals surface area contributed by atoms with E-state index in [1.807, 2.05) is 0 Å². The van der Waals surface area contributed by atoms with Gasteiger partial charge in [-0.3, -0.25) is 0 Å². The van der Waals surface area contributed by atoms with Gasteiger partial charge in [-0.2, -0.15) is 0 Å². The van der Waals surface area contributed by atoms with Crippen LogP contribution in [0.2, 0.25) is 6.32 Å². The molecule has 0 amide bonds. The average molecular weight is 101 g/mol. The van der Waals surface area contributed by atoms with Crippen LogP contribution in [0.25, 0.3) is 0 Å². The molecule has 0 heterocycles. The summed E-state index contributed by atoms with van der Waals surface area (Å²) in [7, 11) is -1.26. The van der Waals surface area contributed by atoms with Gasteiger partial charge in [-0.25, -0.2) is 0 Å². The van der Waals surface area contributed by atoms with Gasteiger partial charge in [0.1, 0.15) is 0 Å². The topological polar surface area (TPSA) is 66.5 Å². The van der Waals surface area contributed by atoms with Gasteiger partial charge in [-0.1, -0.05) is 6.08 Å². The Labute approximate surface area is 42.6 Å². The van der Waals surface area contributed by atoms with Gasteiger partial charge >= 0.3 is 7.12 Å². The zero-order chi connectivity index (χ0) is 5.70. The summed E-state index contributed by atoms with van der Waals surface area (Å²) in [6.07, 6.45) is 2.96. The van der Waals surface area contributed by atoms with Crippen LogP contribution < -0.4 is 5.73 Å². The van der Waals surface area contributed by atoms with Crippen molar-refractivity contribution in [3.63, 3.8) is 0 Å². The molecule has 7 heavy (non-hydrogen) atoms. The van der Waals surface area contributed by atoms with Crippen LogP contribution in [0.3, 0.4) is 0 Å². The lowest BCUT2D eigenvalue weighted by molar-refractivity contribution is 0.411. The molecular weight excluding hydrogens is 92.8 g/mol. The Kier molecular flexibility index (Phi) is 3.45. The van der Waals surface area contributed by atoms with Crippen LogP contribution in [0.15, 0.2) is 12.3 Å². The lowest BCUT2D eigenvalue weighted by Crippen LogP contribution is -2.07. The molecule has 0 aliphatic heterocycles. The fraction of sp³-hybridized carbons (Fsp3) is 0.333. The van der Waals surface area contributed by atoms with Crippen molar-refractivity contribution in [2.45, 2.75) is 6.32 Å². The molecule has 0 rings (SSSR count). The molecule has 3 nitrogen and oxygen atoms in total. The molecule has 0 spiro atoms. The first-order valence-corrected chi connectivity index (χ1v) is 2.00. The minimum atomic E-state index is -1.26. The van der Waals surface area contributed by atoms with Crippen LogP contribution in [0.1, 0.15) is 0 Å². The Bertz CT molecular complexity index is 64.0. The molecule has 0 saturated carbocycles. The minimum Gasteiger partial charge on any atom is -0.427 e. The van der Waals surface area contributed by atoms with Crippen molar-refractivity contribution in [2.24, 2.45) is 5.73 Å². The Morgan fingerprint density at radius 2 is 2.14 bits per heavy atom. The second-order valence-corrected chi connectivity index (χ2v) is 1.14. The quantitative estimate of drug-likeness (QED) is 0.388. The van der Waals surface area contributed by atoms with Gasteiger partial charge in [0.05, 0.1) is 0 Å². The standard InChI is InChI=1S/C3H8BNO2/c5-3-1-2-4(6)7/h1,3,6-7H,2,5H2. The van der Waals surface area contributed by atoms with E-state index in [0.29, 0.717) is 0 Å². The molecule has 0 bridgehead atoms. The summed E-state index contributed by atoms with van der Waals surface area (Å²) in [4.78, 5) is 0. The average Bonchev–Trinajstić information content (AvgIpc) is 1.61. The highest BCUT2D eigenvalue weighted by Gasteiger charge is 1.99. The third-order valence-corrected chi connectivity index (χ3v) is 0.483. The van der Waals surface area contributed by atoms with Crippen molar-refractivity contribution in [1.82, 2.24) is 0 Å². The van der Waals surface area contributed by atoms with Gasteiger partial charge in [0.25, 0.3) is 0 Å². The van der Waals surface area contributed by atoms with Crippen molar-refractivity contribution < 1.29 is 10.0 Å². The lowest BCUT2D eigenvalue weighted by Gasteiger charge is -1.85. The summed E-state index contributed by atoms with van der Waals surface area (Å²) < 4.78 is 0. The number of hydrogen-bond acceptors (Lipinski definition) is 3. The largest absolute Gasteiger partial charge is 0.455 e. The van der Waals surface area contributed by atoms with Gasteiger partial charge in [0, 0.05) is 6.32 Å². The van der Waals surface area contributed by atoms with Crippen LogP contribution in [0, 0.1) is 0 Å². The zero-order valence-electron chi connectivity index (χ0n) is 3.91. The second-order valence-electron chi connectivity index (χ2n) is 1.14. The van der Waals surface area contributed by atoms with E-state index in [0.717, 1.165) is 0 Å². The van der Waals surface area contributed by atoms with E-state index < -0.39 is 7.12 Å². The molecular formula is C3H8BNO2. The third kappa shape index (κ3) is 5.52. The first-order valence-electron chi connectivity index (χ1n) is 2.00. The van der Waals surface area contributed by atoms with E-state index in [4.69, 9.17) is 15.8 Å². The van der Waals surface area contributed by atoms with E-state index in [9.17, 15) is 0 Å². The molecule has 0 fully saturated rings. The van der Waals surface area contributed by atoms with Crippen LogP contribution in [0.5, 0.6) is 0 Å². The Morgan fingerprint density at radius 3 is 2.29 bits per heavy atom. The van der Waals surface area contributed by atoms with Crippen molar-refractivity contribution in [3.05, 3.63) is 12.3 Å². The lowest BCUT2D eigenvalue weighted by atomic mass is 9.87. The van der Waals surface area contributed by atoms with Gasteiger partial charge in [-0.15, -0.1) is 0 Å². The van der Waals surface area contributed by atoms with Crippen molar-refractivity contribution in [2.75, 3.05) is 0 Å². The van der Waals surface area contributed by atoms with Crippen LogP contribution >= 0.6 is 0 Å². The molecule has 0 saturated heterocycles. The predicted molar refractivity (Wildman–Crippen MR) is 28.3 cm³/mol. The zero-order valence-corrected chi connectivity index (χ0v) is 3.91. The highest BCUT2D eigenvalue weighted by Crippen LogP contribution is 1.81. The molecule has 0 radical (unpaired) electrons. The van der Waals surface area contributed by atoms with Crippen LogP contribution in [0.4, 0.5) is 0 Å². The summed E-state index contributed by atoms with van der Waals surface area (Å²) in [5, 5.41) is 16.3. The number of allylic oxidation sites excluding steroid dienone is 1. The number of rotatable bonds is 2. The Morgan fingerprint density at radius 1 is 1.57 bits per heavy atom. The molecule has 0 aromatic carbocycles. The van der Waals surface area contributed by atoms with Crippen molar-refractivity contribution >= 4 is 7.12 Å². The normalized spacial score (nSPS) is 10.0. The maximum atomic E-state index is 8.13. The molecule has 0 atom stereocenters. The van der Waals surface area contributed by atoms with Gasteiger partial charge < -0.3 is 15.8 Å². The van der Waals surface area contributed by atoms with Gasteiger partial charge in [0.15, 0.2) is 0 Å². The maximum Gasteiger partial charge on any atom is 0.455 e. The highest BCUT2D eigenvalue weighted by atomic mass is 16.4. The predicted octanol–water partition coefficient (Wildman–Crippen LogP) is -1.07. The summed E-state index contributed by atoms with van der Waals surface area (Å²) in [5.74, 6) is 0. The van der Waals surface area contributed by atoms with E-state index in [1.54, 1.807) is 0 Å². The highest BCUT2D eigenvalue weighted by molar-refractivity contribution is 6.41. The van der Waals surface area contributed by atoms with Gasteiger partial charge in [-0.05, 0) is 6.20 Å². The molecule has 0 aromatic heterocycles.